The van der Waals surface area contributed by atoms with Crippen LogP contribution in [0.3, 0.4) is 0 Å². The second-order valence-corrected chi connectivity index (χ2v) is 22.1. The molecule has 0 aromatic carbocycles. The number of ketones is 1. The largest absolute Gasteiger partial charge is 0.392 e. The molecule has 19 atom stereocenters. The van der Waals surface area contributed by atoms with Crippen LogP contribution < -0.4 is 16.4 Å². The van der Waals surface area contributed by atoms with Crippen molar-refractivity contribution in [3.05, 3.63) is 47.3 Å². The molecule has 61 heavy (non-hydrogen) atoms. The molecule has 1 saturated heterocycles. The van der Waals surface area contributed by atoms with E-state index in [-0.39, 0.29) is 67.0 Å². The summed E-state index contributed by atoms with van der Waals surface area (Å²) in [4.78, 5) is 15.5. The number of dihydropyridines is 1. The summed E-state index contributed by atoms with van der Waals surface area (Å²) in [5.74, 6) is -0.822. The fraction of sp³-hybridized carbons (Fsp3) is 0.820. The standard InChI is InChI=1S/C50H77N3O8/c1-5-8-29-11-16-34-28(3)45(61-38(34)17-12-29)46(58)47(4,59)39-19-20-50(60)42-41-31(23-49(39,50)33-9-6-7-10-33)14-13-30(32-15-18-40(51)52-26-32)22-48(41)24-37(56)36(55)21-35(48)44(57)43(42)53-25-27(2)54/h13-15,18,26-31,33-41,45-46,52-56,58-60H,5-12,16-17,19-25,51H2,1-4H3. The van der Waals surface area contributed by atoms with Gasteiger partial charge >= 0.3 is 0 Å². The summed E-state index contributed by atoms with van der Waals surface area (Å²) in [5, 5.41) is 80.6. The molecule has 340 valence electrons. The second kappa shape index (κ2) is 16.4. The van der Waals surface area contributed by atoms with Crippen LogP contribution in [-0.4, -0.2) is 97.0 Å². The molecule has 0 aromatic rings. The molecule has 9 aliphatic rings. The number of rotatable bonds is 10. The van der Waals surface area contributed by atoms with Crippen LogP contribution in [0.4, 0.5) is 0 Å². The highest BCUT2D eigenvalue weighted by Gasteiger charge is 2.76. The maximum atomic E-state index is 15.5. The number of allylic oxidation sites excluding steroid dienone is 5. The first kappa shape index (κ1) is 44.1. The first-order valence-corrected chi connectivity index (χ1v) is 24.5. The lowest BCUT2D eigenvalue weighted by atomic mass is 9.39. The Labute approximate surface area is 363 Å². The molecular weight excluding hydrogens is 771 g/mol. The van der Waals surface area contributed by atoms with Gasteiger partial charge in [0.2, 0.25) is 0 Å². The highest BCUT2D eigenvalue weighted by Crippen LogP contribution is 2.75. The molecule has 11 nitrogen and oxygen atoms in total. The monoisotopic (exact) mass is 848 g/mol. The maximum Gasteiger partial charge on any atom is 0.182 e. The highest BCUT2D eigenvalue weighted by atomic mass is 16.5. The Morgan fingerprint density at radius 1 is 1.02 bits per heavy atom. The zero-order valence-electron chi connectivity index (χ0n) is 37.2. The van der Waals surface area contributed by atoms with E-state index in [0.717, 1.165) is 50.5 Å². The molecule has 11 heteroatoms. The minimum absolute atomic E-state index is 0.0309. The number of Topliss-reactive ketones (excluding diaryl/α,β-unsaturated/α-hetero) is 1. The summed E-state index contributed by atoms with van der Waals surface area (Å²) in [6.45, 7) is 8.06. The Morgan fingerprint density at radius 2 is 1.77 bits per heavy atom. The SMILES string of the molecule is CCCC1CCC2OC(C(O)C(C)(O)C3CCC4(O)C5=C(NCC(C)O)C(=O)C6CC(O)C(O)CC67CC(C6=CNC(N)C=C6)C=CC(CC34C3CCCC3)C57)C(C)C2CC1. The van der Waals surface area contributed by atoms with E-state index < -0.39 is 64.4 Å². The van der Waals surface area contributed by atoms with Crippen molar-refractivity contribution >= 4 is 5.78 Å². The van der Waals surface area contributed by atoms with Gasteiger partial charge in [-0.2, -0.15) is 0 Å². The van der Waals surface area contributed by atoms with E-state index in [0.29, 0.717) is 48.8 Å². The highest BCUT2D eigenvalue weighted by molar-refractivity contribution is 6.00. The fourth-order valence-electron chi connectivity index (χ4n) is 16.2. The summed E-state index contributed by atoms with van der Waals surface area (Å²) in [6, 6.07) is 0. The van der Waals surface area contributed by atoms with Gasteiger partial charge in [0.1, 0.15) is 6.10 Å². The van der Waals surface area contributed by atoms with Gasteiger partial charge in [0.05, 0.1) is 53.6 Å². The van der Waals surface area contributed by atoms with Crippen molar-refractivity contribution in [1.82, 2.24) is 10.6 Å². The van der Waals surface area contributed by atoms with E-state index in [9.17, 15) is 30.6 Å². The third kappa shape index (κ3) is 6.91. The summed E-state index contributed by atoms with van der Waals surface area (Å²) in [7, 11) is 0. The molecule has 6 fully saturated rings. The van der Waals surface area contributed by atoms with Crippen LogP contribution in [0.5, 0.6) is 0 Å². The topological polar surface area (TPSA) is 198 Å². The van der Waals surface area contributed by atoms with E-state index in [4.69, 9.17) is 10.5 Å². The summed E-state index contributed by atoms with van der Waals surface area (Å²) in [6.07, 6.45) is 18.4. The predicted octanol–water partition coefficient (Wildman–Crippen LogP) is 4.89. The van der Waals surface area contributed by atoms with Gasteiger partial charge in [0.15, 0.2) is 5.78 Å². The lowest BCUT2D eigenvalue weighted by Crippen LogP contribution is -2.69. The molecule has 0 aromatic heterocycles. The smallest absolute Gasteiger partial charge is 0.182 e. The van der Waals surface area contributed by atoms with Gasteiger partial charge in [-0.3, -0.25) is 4.79 Å². The van der Waals surface area contributed by atoms with Crippen molar-refractivity contribution < 1.29 is 40.2 Å². The molecule has 5 saturated carbocycles. The Morgan fingerprint density at radius 3 is 2.48 bits per heavy atom. The first-order chi connectivity index (χ1) is 29.1. The zero-order chi connectivity index (χ0) is 43.2. The third-order valence-corrected chi connectivity index (χ3v) is 18.9. The van der Waals surface area contributed by atoms with Gasteiger partial charge in [0, 0.05) is 30.0 Å². The number of aliphatic hydroxyl groups is 6. The lowest BCUT2D eigenvalue weighted by molar-refractivity contribution is -0.222. The summed E-state index contributed by atoms with van der Waals surface area (Å²) in [5.41, 5.74) is 3.39. The molecule has 10 N–H and O–H groups in total. The number of carbonyl (C=O) groups is 1. The van der Waals surface area contributed by atoms with Crippen molar-refractivity contribution in [1.29, 1.82) is 0 Å². The van der Waals surface area contributed by atoms with Crippen LogP contribution in [0.1, 0.15) is 130 Å². The molecule has 7 aliphatic carbocycles. The Balaban J connectivity index is 1.17. The average molecular weight is 848 g/mol. The number of aliphatic hydroxyl groups excluding tert-OH is 4. The van der Waals surface area contributed by atoms with Crippen molar-refractivity contribution in [3.63, 3.8) is 0 Å². The number of fused-ring (bicyclic) bond motifs is 3. The Hall–Kier alpha value is -2.09. The Kier molecular flexibility index (Phi) is 11.9. The molecule has 9 rings (SSSR count). The fourth-order valence-corrected chi connectivity index (χ4v) is 16.2. The van der Waals surface area contributed by atoms with E-state index in [1.807, 2.05) is 18.4 Å². The molecule has 2 aliphatic heterocycles. The normalized spacial score (nSPS) is 47.8. The van der Waals surface area contributed by atoms with Gasteiger partial charge in [-0.25, -0.2) is 0 Å². The number of hydrogen-bond donors (Lipinski definition) is 9. The van der Waals surface area contributed by atoms with Crippen LogP contribution in [0.25, 0.3) is 0 Å². The zero-order valence-corrected chi connectivity index (χ0v) is 37.2. The number of nitrogens with two attached hydrogens (primary N) is 1. The van der Waals surface area contributed by atoms with Gasteiger partial charge in [-0.1, -0.05) is 64.2 Å². The third-order valence-electron chi connectivity index (χ3n) is 18.9. The molecule has 0 amide bonds. The van der Waals surface area contributed by atoms with Crippen molar-refractivity contribution in [2.75, 3.05) is 6.54 Å². The van der Waals surface area contributed by atoms with E-state index in [1.165, 1.54) is 19.3 Å². The van der Waals surface area contributed by atoms with Crippen molar-refractivity contribution in [2.24, 2.45) is 69.8 Å². The average Bonchev–Trinajstić information content (AvgIpc) is 3.88. The molecule has 0 bridgehead atoms. The minimum atomic E-state index is -1.62. The second-order valence-electron chi connectivity index (χ2n) is 22.1. The number of hydrogen-bond acceptors (Lipinski definition) is 11. The van der Waals surface area contributed by atoms with Gasteiger partial charge < -0.3 is 51.7 Å². The van der Waals surface area contributed by atoms with E-state index in [2.05, 4.69) is 36.6 Å². The van der Waals surface area contributed by atoms with Gasteiger partial charge in [-0.15, -0.1) is 0 Å². The molecule has 1 spiro atoms. The van der Waals surface area contributed by atoms with Crippen LogP contribution in [0.2, 0.25) is 0 Å². The summed E-state index contributed by atoms with van der Waals surface area (Å²) < 4.78 is 6.88. The Bertz CT molecular complexity index is 1790. The van der Waals surface area contributed by atoms with Crippen molar-refractivity contribution in [2.45, 2.75) is 184 Å². The number of nitrogens with one attached hydrogen (secondary N) is 2. The van der Waals surface area contributed by atoms with Crippen LogP contribution in [0, 0.1) is 64.1 Å². The van der Waals surface area contributed by atoms with Crippen molar-refractivity contribution in [3.8, 4) is 0 Å². The van der Waals surface area contributed by atoms with Gasteiger partial charge in [0.25, 0.3) is 0 Å². The van der Waals surface area contributed by atoms with Crippen LogP contribution in [-0.2, 0) is 9.53 Å². The number of ether oxygens (including phenoxy) is 1. The summed E-state index contributed by atoms with van der Waals surface area (Å²) >= 11 is 0. The molecule has 0 radical (unpaired) electrons. The number of carbonyl (C=O) groups excluding carboxylic acids is 1. The predicted molar refractivity (Wildman–Crippen MR) is 233 cm³/mol. The molecular formula is C50H77N3O8. The molecule has 19 unspecified atom stereocenters. The van der Waals surface area contributed by atoms with E-state index in [1.54, 1.807) is 13.8 Å². The lowest BCUT2D eigenvalue weighted by Gasteiger charge is -2.66. The van der Waals surface area contributed by atoms with E-state index >= 15 is 4.79 Å². The van der Waals surface area contributed by atoms with Crippen LogP contribution in [0.15, 0.2) is 47.3 Å². The van der Waals surface area contributed by atoms with Crippen LogP contribution >= 0.6 is 0 Å². The quantitative estimate of drug-likeness (QED) is 0.136. The first-order valence-electron chi connectivity index (χ1n) is 24.5. The maximum absolute atomic E-state index is 15.5. The van der Waals surface area contributed by atoms with Gasteiger partial charge in [-0.05, 0) is 149 Å². The minimum Gasteiger partial charge on any atom is -0.392 e. The molecule has 2 heterocycles.